The minimum absolute atomic E-state index is 0.0133. The van der Waals surface area contributed by atoms with Crippen LogP contribution in [0.4, 0.5) is 13.2 Å². The standard InChI is InChI=1S/C21H20F3N3O2/c1-12-10-25-7-6-15(12)20-16-11-29-13(2)8-18(16)27(26-20)14-4-5-17(21(22,23)24)19(9-14)28-3/h4-7,9-10,13H,8,11H2,1-3H3/t13-/m1/s1. The van der Waals surface area contributed by atoms with E-state index in [2.05, 4.69) is 4.98 Å². The van der Waals surface area contributed by atoms with E-state index >= 15 is 0 Å². The van der Waals surface area contributed by atoms with Gasteiger partial charge in [0.2, 0.25) is 0 Å². The van der Waals surface area contributed by atoms with Gasteiger partial charge in [-0.2, -0.15) is 18.3 Å². The van der Waals surface area contributed by atoms with Crippen molar-refractivity contribution in [1.29, 1.82) is 0 Å². The molecule has 2 aromatic heterocycles. The molecule has 0 N–H and O–H groups in total. The van der Waals surface area contributed by atoms with Gasteiger partial charge < -0.3 is 9.47 Å². The van der Waals surface area contributed by atoms with Crippen LogP contribution in [0.2, 0.25) is 0 Å². The number of nitrogens with zero attached hydrogens (tertiary/aromatic N) is 3. The third kappa shape index (κ3) is 3.48. The van der Waals surface area contributed by atoms with E-state index in [1.807, 2.05) is 19.9 Å². The zero-order chi connectivity index (χ0) is 20.8. The molecule has 1 atom stereocenters. The summed E-state index contributed by atoms with van der Waals surface area (Å²) in [6.07, 6.45) is -0.444. The summed E-state index contributed by atoms with van der Waals surface area (Å²) >= 11 is 0. The number of fused-ring (bicyclic) bond motifs is 1. The fraction of sp³-hybridized carbons (Fsp3) is 0.333. The van der Waals surface area contributed by atoms with Crippen molar-refractivity contribution >= 4 is 0 Å². The van der Waals surface area contributed by atoms with Crippen LogP contribution in [0.25, 0.3) is 16.9 Å². The molecule has 0 saturated carbocycles. The second kappa shape index (κ2) is 7.18. The van der Waals surface area contributed by atoms with Crippen LogP contribution in [0.5, 0.6) is 5.75 Å². The van der Waals surface area contributed by atoms with E-state index in [9.17, 15) is 13.2 Å². The zero-order valence-electron chi connectivity index (χ0n) is 16.2. The molecule has 8 heteroatoms. The summed E-state index contributed by atoms with van der Waals surface area (Å²) in [5.74, 6) is -0.235. The molecule has 0 bridgehead atoms. The van der Waals surface area contributed by atoms with Gasteiger partial charge in [-0.05, 0) is 37.6 Å². The number of ether oxygens (including phenoxy) is 2. The molecule has 152 valence electrons. The molecule has 0 fully saturated rings. The molecule has 0 unspecified atom stereocenters. The monoisotopic (exact) mass is 403 g/mol. The number of hydrogen-bond donors (Lipinski definition) is 0. The van der Waals surface area contributed by atoms with Gasteiger partial charge >= 0.3 is 6.18 Å². The van der Waals surface area contributed by atoms with Crippen molar-refractivity contribution in [3.63, 3.8) is 0 Å². The fourth-order valence-corrected chi connectivity index (χ4v) is 3.62. The molecule has 3 heterocycles. The van der Waals surface area contributed by atoms with Crippen LogP contribution in [0, 0.1) is 6.92 Å². The van der Waals surface area contributed by atoms with Gasteiger partial charge in [-0.3, -0.25) is 4.98 Å². The van der Waals surface area contributed by atoms with Crippen molar-refractivity contribution < 1.29 is 22.6 Å². The van der Waals surface area contributed by atoms with E-state index < -0.39 is 11.7 Å². The van der Waals surface area contributed by atoms with Gasteiger partial charge in [-0.15, -0.1) is 0 Å². The highest BCUT2D eigenvalue weighted by Gasteiger charge is 2.35. The van der Waals surface area contributed by atoms with Crippen LogP contribution in [0.1, 0.15) is 29.3 Å². The summed E-state index contributed by atoms with van der Waals surface area (Å²) in [7, 11) is 1.23. The maximum absolute atomic E-state index is 13.2. The first-order chi connectivity index (χ1) is 13.8. The Bertz CT molecular complexity index is 1060. The second-order valence-electron chi connectivity index (χ2n) is 7.08. The number of pyridine rings is 1. The molecule has 1 aliphatic heterocycles. The van der Waals surface area contributed by atoms with Gasteiger partial charge in [0.15, 0.2) is 0 Å². The Labute approximate surface area is 166 Å². The number of aryl methyl sites for hydroxylation is 1. The molecule has 1 aromatic carbocycles. The van der Waals surface area contributed by atoms with Crippen molar-refractivity contribution in [2.45, 2.75) is 39.2 Å². The minimum Gasteiger partial charge on any atom is -0.496 e. The number of alkyl halides is 3. The SMILES string of the molecule is COc1cc(-n2nc(-c3ccncc3C)c3c2C[C@@H](C)OC3)ccc1C(F)(F)F. The number of rotatable bonds is 3. The number of benzene rings is 1. The molecule has 4 rings (SSSR count). The normalized spacial score (nSPS) is 16.6. The first kappa shape index (κ1) is 19.4. The lowest BCUT2D eigenvalue weighted by molar-refractivity contribution is -0.138. The Balaban J connectivity index is 1.90. The molecule has 0 amide bonds. The zero-order valence-corrected chi connectivity index (χ0v) is 16.2. The first-order valence-electron chi connectivity index (χ1n) is 9.18. The lowest BCUT2D eigenvalue weighted by Crippen LogP contribution is -2.21. The van der Waals surface area contributed by atoms with Gasteiger partial charge in [0.05, 0.1) is 42.5 Å². The Morgan fingerprint density at radius 1 is 1.24 bits per heavy atom. The van der Waals surface area contributed by atoms with Crippen LogP contribution in [-0.4, -0.2) is 28.0 Å². The topological polar surface area (TPSA) is 49.2 Å². The van der Waals surface area contributed by atoms with E-state index in [1.165, 1.54) is 19.2 Å². The predicted molar refractivity (Wildman–Crippen MR) is 101 cm³/mol. The summed E-state index contributed by atoms with van der Waals surface area (Å²) < 4.78 is 52.3. The molecular weight excluding hydrogens is 383 g/mol. The molecule has 5 nitrogen and oxygen atoms in total. The molecular formula is C21H20F3N3O2. The lowest BCUT2D eigenvalue weighted by atomic mass is 10.00. The van der Waals surface area contributed by atoms with E-state index in [4.69, 9.17) is 14.6 Å². The summed E-state index contributed by atoms with van der Waals surface area (Å²) in [4.78, 5) is 4.13. The average molecular weight is 403 g/mol. The minimum atomic E-state index is -4.49. The summed E-state index contributed by atoms with van der Waals surface area (Å²) in [5, 5.41) is 4.77. The summed E-state index contributed by atoms with van der Waals surface area (Å²) in [5.41, 5.74) is 4.21. The highest BCUT2D eigenvalue weighted by molar-refractivity contribution is 5.68. The van der Waals surface area contributed by atoms with Crippen LogP contribution in [-0.2, 0) is 23.9 Å². The summed E-state index contributed by atoms with van der Waals surface area (Å²) in [6.45, 7) is 4.30. The molecule has 0 aliphatic carbocycles. The predicted octanol–water partition coefficient (Wildman–Crippen LogP) is 4.73. The van der Waals surface area contributed by atoms with E-state index in [-0.39, 0.29) is 11.9 Å². The number of hydrogen-bond acceptors (Lipinski definition) is 4. The number of halogens is 3. The molecule has 0 radical (unpaired) electrons. The maximum atomic E-state index is 13.2. The van der Waals surface area contributed by atoms with Crippen molar-refractivity contribution in [2.24, 2.45) is 0 Å². The van der Waals surface area contributed by atoms with Gasteiger partial charge in [-0.25, -0.2) is 4.68 Å². The number of methoxy groups -OCH3 is 1. The van der Waals surface area contributed by atoms with Gasteiger partial charge in [-0.1, -0.05) is 0 Å². The molecule has 0 spiro atoms. The Morgan fingerprint density at radius 3 is 2.72 bits per heavy atom. The van der Waals surface area contributed by atoms with E-state index in [0.717, 1.165) is 34.1 Å². The average Bonchev–Trinajstić information content (AvgIpc) is 3.05. The molecule has 29 heavy (non-hydrogen) atoms. The Kier molecular flexibility index (Phi) is 4.82. The van der Waals surface area contributed by atoms with Gasteiger partial charge in [0, 0.05) is 36.0 Å². The Morgan fingerprint density at radius 2 is 2.03 bits per heavy atom. The maximum Gasteiger partial charge on any atom is 0.419 e. The second-order valence-corrected chi connectivity index (χ2v) is 7.08. The quantitative estimate of drug-likeness (QED) is 0.634. The van der Waals surface area contributed by atoms with E-state index in [1.54, 1.807) is 17.1 Å². The Hall–Kier alpha value is -2.87. The van der Waals surface area contributed by atoms with Crippen molar-refractivity contribution in [1.82, 2.24) is 14.8 Å². The van der Waals surface area contributed by atoms with Gasteiger partial charge in [0.1, 0.15) is 5.75 Å². The fourth-order valence-electron chi connectivity index (χ4n) is 3.62. The smallest absolute Gasteiger partial charge is 0.419 e. The summed E-state index contributed by atoms with van der Waals surface area (Å²) in [6, 6.07) is 5.71. The highest BCUT2D eigenvalue weighted by Crippen LogP contribution is 2.39. The van der Waals surface area contributed by atoms with Crippen LogP contribution >= 0.6 is 0 Å². The molecule has 3 aromatic rings. The molecule has 1 aliphatic rings. The highest BCUT2D eigenvalue weighted by atomic mass is 19.4. The lowest BCUT2D eigenvalue weighted by Gasteiger charge is -2.21. The van der Waals surface area contributed by atoms with Crippen molar-refractivity contribution in [3.8, 4) is 22.7 Å². The van der Waals surface area contributed by atoms with Crippen molar-refractivity contribution in [3.05, 3.63) is 59.0 Å². The third-order valence-electron chi connectivity index (χ3n) is 5.09. The first-order valence-corrected chi connectivity index (χ1v) is 9.18. The number of aromatic nitrogens is 3. The molecule has 0 saturated heterocycles. The third-order valence-corrected chi connectivity index (χ3v) is 5.09. The van der Waals surface area contributed by atoms with Crippen molar-refractivity contribution in [2.75, 3.05) is 7.11 Å². The van der Waals surface area contributed by atoms with Crippen LogP contribution in [0.3, 0.4) is 0 Å². The van der Waals surface area contributed by atoms with Crippen LogP contribution in [0.15, 0.2) is 36.7 Å². The van der Waals surface area contributed by atoms with E-state index in [0.29, 0.717) is 18.7 Å². The largest absolute Gasteiger partial charge is 0.496 e. The van der Waals surface area contributed by atoms with Crippen LogP contribution < -0.4 is 4.74 Å². The van der Waals surface area contributed by atoms with Gasteiger partial charge in [0.25, 0.3) is 0 Å².